The number of anilines is 3. The van der Waals surface area contributed by atoms with E-state index in [0.29, 0.717) is 5.95 Å². The second-order valence-electron chi connectivity index (χ2n) is 11.1. The van der Waals surface area contributed by atoms with Crippen molar-refractivity contribution < 1.29 is 4.74 Å². The Morgan fingerprint density at radius 3 is 2.27 bits per heavy atom. The third-order valence-electron chi connectivity index (χ3n) is 8.58. The fourth-order valence-corrected chi connectivity index (χ4v) is 6.55. The minimum absolute atomic E-state index is 0.598. The Balaban J connectivity index is 1.43. The van der Waals surface area contributed by atoms with Crippen LogP contribution in [0, 0.1) is 0 Å². The molecule has 0 unspecified atom stereocenters. The number of fused-ring (bicyclic) bond motifs is 7. The average Bonchev–Trinajstić information content (AvgIpc) is 3.18. The van der Waals surface area contributed by atoms with Crippen molar-refractivity contribution in [3.05, 3.63) is 145 Å². The van der Waals surface area contributed by atoms with Gasteiger partial charge in [-0.05, 0) is 47.4 Å². The zero-order valence-electron chi connectivity index (χ0n) is 24.0. The number of rotatable bonds is 2. The highest BCUT2D eigenvalue weighted by Gasteiger charge is 2.33. The van der Waals surface area contributed by atoms with Crippen molar-refractivity contribution >= 4 is 45.1 Å². The van der Waals surface area contributed by atoms with E-state index in [1.165, 1.54) is 0 Å². The van der Waals surface area contributed by atoms with E-state index < -0.39 is 0 Å². The van der Waals surface area contributed by atoms with Gasteiger partial charge in [-0.1, -0.05) is 103 Å². The Labute approximate surface area is 254 Å². The zero-order valence-corrected chi connectivity index (χ0v) is 24.0. The van der Waals surface area contributed by atoms with Crippen molar-refractivity contribution in [3.63, 3.8) is 0 Å². The van der Waals surface area contributed by atoms with Gasteiger partial charge in [0.1, 0.15) is 17.3 Å². The normalized spacial score (nSPS) is 14.2. The lowest BCUT2D eigenvalue weighted by Gasteiger charge is -2.32. The van der Waals surface area contributed by atoms with Crippen LogP contribution in [-0.2, 0) is 0 Å². The molecule has 0 fully saturated rings. The maximum absolute atomic E-state index is 6.32. The summed E-state index contributed by atoms with van der Waals surface area (Å²) in [5.41, 5.74) is 8.18. The smallest absolute Gasteiger partial charge is 0.236 e. The first-order chi connectivity index (χ1) is 21.7. The van der Waals surface area contributed by atoms with E-state index in [2.05, 4.69) is 114 Å². The third kappa shape index (κ3) is 3.66. The highest BCUT2D eigenvalue weighted by Crippen LogP contribution is 2.51. The summed E-state index contributed by atoms with van der Waals surface area (Å²) in [6.45, 7) is 0. The van der Waals surface area contributed by atoms with Gasteiger partial charge in [0.05, 0.1) is 22.3 Å². The first kappa shape index (κ1) is 24.6. The third-order valence-corrected chi connectivity index (χ3v) is 8.58. The van der Waals surface area contributed by atoms with Crippen LogP contribution < -0.4 is 14.5 Å². The van der Waals surface area contributed by atoms with Crippen LogP contribution in [0.4, 0.5) is 17.3 Å². The van der Waals surface area contributed by atoms with Gasteiger partial charge in [-0.25, -0.2) is 9.97 Å². The molecule has 0 bridgehead atoms. The number of ether oxygens (including phenoxy) is 1. The average molecular weight is 567 g/mol. The fourth-order valence-electron chi connectivity index (χ4n) is 6.55. The summed E-state index contributed by atoms with van der Waals surface area (Å²) in [5, 5.41) is 3.21. The summed E-state index contributed by atoms with van der Waals surface area (Å²) in [6, 6.07) is 46.2. The van der Waals surface area contributed by atoms with Crippen LogP contribution in [0.25, 0.3) is 50.1 Å². The van der Waals surface area contributed by atoms with Gasteiger partial charge in [-0.3, -0.25) is 4.90 Å². The maximum atomic E-state index is 6.32. The fraction of sp³-hybridized carbons (Fsp3) is 0.0256. The highest BCUT2D eigenvalue weighted by molar-refractivity contribution is 6.09. The second kappa shape index (κ2) is 9.54. The van der Waals surface area contributed by atoms with E-state index in [0.717, 1.165) is 78.3 Å². The summed E-state index contributed by atoms with van der Waals surface area (Å²) in [5.74, 6) is 3.11. The minimum Gasteiger partial charge on any atom is -0.456 e. The van der Waals surface area contributed by atoms with Crippen LogP contribution >= 0.6 is 0 Å². The Kier molecular flexibility index (Phi) is 5.34. The maximum Gasteiger partial charge on any atom is 0.236 e. The van der Waals surface area contributed by atoms with Gasteiger partial charge in [-0.2, -0.15) is 0 Å². The molecular formula is C39H26N4O. The van der Waals surface area contributed by atoms with Gasteiger partial charge in [0.25, 0.3) is 0 Å². The number of hydrogen-bond donors (Lipinski definition) is 0. The van der Waals surface area contributed by atoms with Gasteiger partial charge in [-0.15, -0.1) is 0 Å². The van der Waals surface area contributed by atoms with Crippen molar-refractivity contribution in [2.45, 2.75) is 0 Å². The Morgan fingerprint density at radius 2 is 1.36 bits per heavy atom. The van der Waals surface area contributed by atoms with Crippen LogP contribution in [0.5, 0.6) is 11.5 Å². The molecule has 0 amide bonds. The standard InChI is InChI=1S/C39H26N4O/c1-42-32-19-9-7-16-28(32)29-23-22-26-14-5-6-15-27(26)38(29)43(35(42)24-25-12-3-2-4-13-25)39-40-31-18-11-21-34-36(31)37(41-39)30-17-8-10-20-33(30)44-34/h2-24H,1H3/b35-24+. The number of para-hydroxylation sites is 2. The van der Waals surface area contributed by atoms with E-state index in [1.807, 2.05) is 42.5 Å². The van der Waals surface area contributed by atoms with Crippen molar-refractivity contribution in [1.29, 1.82) is 0 Å². The quantitative estimate of drug-likeness (QED) is 0.208. The molecule has 0 aliphatic carbocycles. The summed E-state index contributed by atoms with van der Waals surface area (Å²) in [6.07, 6.45) is 2.22. The summed E-state index contributed by atoms with van der Waals surface area (Å²) in [7, 11) is 2.13. The number of hydrogen-bond acceptors (Lipinski definition) is 5. The largest absolute Gasteiger partial charge is 0.456 e. The van der Waals surface area contributed by atoms with Crippen LogP contribution in [0.15, 0.2) is 139 Å². The van der Waals surface area contributed by atoms with Crippen molar-refractivity contribution in [3.8, 4) is 33.9 Å². The van der Waals surface area contributed by atoms with Crippen molar-refractivity contribution in [2.75, 3.05) is 16.8 Å². The molecule has 208 valence electrons. The lowest BCUT2D eigenvalue weighted by Crippen LogP contribution is -2.30. The highest BCUT2D eigenvalue weighted by atomic mass is 16.5. The molecule has 0 spiro atoms. The number of benzene rings is 6. The molecule has 2 aliphatic rings. The Bertz CT molecular complexity index is 2290. The van der Waals surface area contributed by atoms with Crippen molar-refractivity contribution in [1.82, 2.24) is 9.97 Å². The molecule has 0 atom stereocenters. The molecule has 44 heavy (non-hydrogen) atoms. The monoisotopic (exact) mass is 566 g/mol. The predicted molar refractivity (Wildman–Crippen MR) is 179 cm³/mol. The van der Waals surface area contributed by atoms with Gasteiger partial charge in [0.2, 0.25) is 5.95 Å². The van der Waals surface area contributed by atoms with Gasteiger partial charge in [0.15, 0.2) is 0 Å². The lowest BCUT2D eigenvalue weighted by atomic mass is 9.97. The molecule has 0 N–H and O–H groups in total. The number of aromatic nitrogens is 2. The molecule has 7 aromatic rings. The molecule has 3 heterocycles. The minimum atomic E-state index is 0.598. The first-order valence-electron chi connectivity index (χ1n) is 14.7. The van der Waals surface area contributed by atoms with E-state index in [-0.39, 0.29) is 0 Å². The summed E-state index contributed by atoms with van der Waals surface area (Å²) < 4.78 is 6.32. The molecule has 5 heteroatoms. The van der Waals surface area contributed by atoms with E-state index in [9.17, 15) is 0 Å². The van der Waals surface area contributed by atoms with Gasteiger partial charge in [0, 0.05) is 34.8 Å². The molecule has 0 radical (unpaired) electrons. The van der Waals surface area contributed by atoms with Gasteiger partial charge < -0.3 is 9.64 Å². The Morgan fingerprint density at radius 1 is 0.614 bits per heavy atom. The first-order valence-corrected chi connectivity index (χ1v) is 14.7. The second-order valence-corrected chi connectivity index (χ2v) is 11.1. The molecule has 5 nitrogen and oxygen atoms in total. The molecule has 9 rings (SSSR count). The number of nitrogens with zero attached hydrogens (tertiary/aromatic N) is 4. The van der Waals surface area contributed by atoms with E-state index in [1.54, 1.807) is 0 Å². The van der Waals surface area contributed by atoms with Crippen LogP contribution in [-0.4, -0.2) is 17.0 Å². The van der Waals surface area contributed by atoms with Crippen LogP contribution in [0.1, 0.15) is 5.56 Å². The SMILES string of the molecule is CN1/C(=C\c2ccccc2)N(c2nc3c4c(cccc4n2)Oc2ccccc2-3)c2c(ccc3ccccc23)-c2ccccc21. The molecule has 2 aliphatic heterocycles. The lowest BCUT2D eigenvalue weighted by molar-refractivity contribution is 0.486. The van der Waals surface area contributed by atoms with Gasteiger partial charge >= 0.3 is 0 Å². The Hall–Kier alpha value is -5.94. The summed E-state index contributed by atoms with van der Waals surface area (Å²) >= 11 is 0. The molecular weight excluding hydrogens is 540 g/mol. The van der Waals surface area contributed by atoms with E-state index in [4.69, 9.17) is 14.7 Å². The molecule has 0 saturated carbocycles. The molecule has 6 aromatic carbocycles. The predicted octanol–water partition coefficient (Wildman–Crippen LogP) is 9.81. The van der Waals surface area contributed by atoms with Crippen LogP contribution in [0.3, 0.4) is 0 Å². The zero-order chi connectivity index (χ0) is 29.2. The topological polar surface area (TPSA) is 41.5 Å². The van der Waals surface area contributed by atoms with E-state index >= 15 is 0 Å². The molecule has 1 aromatic heterocycles. The summed E-state index contributed by atoms with van der Waals surface area (Å²) in [4.78, 5) is 15.2. The molecule has 0 saturated heterocycles. The van der Waals surface area contributed by atoms with Crippen molar-refractivity contribution in [2.24, 2.45) is 0 Å². The van der Waals surface area contributed by atoms with Crippen LogP contribution in [0.2, 0.25) is 0 Å².